The number of nitrogens with zero attached hydrogens (tertiary/aromatic N) is 1. The van der Waals surface area contributed by atoms with E-state index in [-0.39, 0.29) is 12.8 Å². The maximum atomic E-state index is 12.7. The zero-order valence-electron chi connectivity index (χ0n) is 13.8. The second kappa shape index (κ2) is 7.19. The summed E-state index contributed by atoms with van der Waals surface area (Å²) in [6.45, 7) is 2.15. The van der Waals surface area contributed by atoms with Gasteiger partial charge in [-0.2, -0.15) is 5.26 Å². The van der Waals surface area contributed by atoms with Crippen molar-refractivity contribution in [3.8, 4) is 6.07 Å². The molecule has 1 N–H and O–H groups in total. The summed E-state index contributed by atoms with van der Waals surface area (Å²) in [6, 6.07) is 2.20. The second-order valence-electron chi connectivity index (χ2n) is 6.78. The van der Waals surface area contributed by atoms with E-state index in [2.05, 4.69) is 18.3 Å². The Bertz CT molecular complexity index is 793. The summed E-state index contributed by atoms with van der Waals surface area (Å²) in [5.74, 6) is -2.83. The van der Waals surface area contributed by atoms with Gasteiger partial charge in [-0.1, -0.05) is 24.6 Å². The molecule has 5 nitrogen and oxygen atoms in total. The summed E-state index contributed by atoms with van der Waals surface area (Å²) in [5.41, 5.74) is 1.54. The second-order valence-corrected chi connectivity index (χ2v) is 8.37. The van der Waals surface area contributed by atoms with Crippen LogP contribution >= 0.6 is 22.9 Å². The number of hydrogen-bond acceptors (Lipinski definition) is 5. The molecular formula is C18H18ClN2O3S-. The van der Waals surface area contributed by atoms with E-state index in [1.54, 1.807) is 6.08 Å². The Labute approximate surface area is 155 Å². The molecule has 3 rings (SSSR count). The lowest BCUT2D eigenvalue weighted by Crippen LogP contribution is -2.42. The van der Waals surface area contributed by atoms with E-state index in [0.29, 0.717) is 21.5 Å². The highest BCUT2D eigenvalue weighted by atomic mass is 35.5. The van der Waals surface area contributed by atoms with Crippen LogP contribution in [0.3, 0.4) is 0 Å². The number of fused-ring (bicyclic) bond motifs is 1. The van der Waals surface area contributed by atoms with Crippen LogP contribution < -0.4 is 10.4 Å². The van der Waals surface area contributed by atoms with Crippen LogP contribution in [0.15, 0.2) is 11.1 Å². The summed E-state index contributed by atoms with van der Waals surface area (Å²) < 4.78 is 0. The minimum Gasteiger partial charge on any atom is -0.550 e. The molecule has 0 saturated carbocycles. The molecule has 3 atom stereocenters. The Morgan fingerprint density at radius 2 is 2.16 bits per heavy atom. The molecular weight excluding hydrogens is 360 g/mol. The van der Waals surface area contributed by atoms with Crippen LogP contribution in [0.1, 0.15) is 42.2 Å². The maximum Gasteiger partial charge on any atom is 0.229 e. The maximum absolute atomic E-state index is 12.7. The number of anilines is 1. The van der Waals surface area contributed by atoms with Crippen molar-refractivity contribution in [2.75, 3.05) is 5.32 Å². The number of aryl methyl sites for hydroxylation is 1. The van der Waals surface area contributed by atoms with Gasteiger partial charge in [-0.05, 0) is 43.6 Å². The minimum atomic E-state index is -1.25. The zero-order chi connectivity index (χ0) is 18.1. The van der Waals surface area contributed by atoms with Crippen molar-refractivity contribution in [2.24, 2.45) is 17.8 Å². The Hall–Kier alpha value is -1.84. The molecule has 1 amide bonds. The van der Waals surface area contributed by atoms with Gasteiger partial charge in [0.1, 0.15) is 11.1 Å². The van der Waals surface area contributed by atoms with Gasteiger partial charge in [0.15, 0.2) is 0 Å². The first kappa shape index (κ1) is 18.0. The molecule has 1 heterocycles. The SMILES string of the molecule is C[C@H]1CCc2sc(NC(=O)[C@@H]3CC(Cl)=CC[C@@H]3C(=O)[O-])c(C#N)c2C1. The number of carboxylic acid groups (broad SMARTS) is 1. The normalized spacial score (nSPS) is 25.5. The van der Waals surface area contributed by atoms with Gasteiger partial charge in [0.05, 0.1) is 11.5 Å². The Morgan fingerprint density at radius 3 is 2.84 bits per heavy atom. The smallest absolute Gasteiger partial charge is 0.229 e. The molecule has 0 spiro atoms. The molecule has 0 saturated heterocycles. The van der Waals surface area contributed by atoms with Crippen molar-refractivity contribution in [1.29, 1.82) is 5.26 Å². The van der Waals surface area contributed by atoms with Crippen LogP contribution in [0.5, 0.6) is 0 Å². The van der Waals surface area contributed by atoms with Crippen molar-refractivity contribution in [3.05, 3.63) is 27.1 Å². The van der Waals surface area contributed by atoms with Gasteiger partial charge in [-0.25, -0.2) is 0 Å². The number of amides is 1. The molecule has 1 aromatic heterocycles. The number of carbonyl (C=O) groups excluding carboxylic acids is 2. The van der Waals surface area contributed by atoms with Gasteiger partial charge in [0, 0.05) is 21.8 Å². The fourth-order valence-corrected chi connectivity index (χ4v) is 5.01. The van der Waals surface area contributed by atoms with E-state index < -0.39 is 23.7 Å². The molecule has 132 valence electrons. The summed E-state index contributed by atoms with van der Waals surface area (Å²) in [6.07, 6.45) is 4.80. The third-order valence-corrected chi connectivity index (χ3v) is 6.51. The number of carboxylic acids is 1. The van der Waals surface area contributed by atoms with Crippen LogP contribution in [-0.4, -0.2) is 11.9 Å². The number of nitriles is 1. The van der Waals surface area contributed by atoms with Gasteiger partial charge in [0.2, 0.25) is 5.91 Å². The first-order valence-electron chi connectivity index (χ1n) is 8.31. The van der Waals surface area contributed by atoms with Crippen LogP contribution in [0, 0.1) is 29.1 Å². The molecule has 0 fully saturated rings. The van der Waals surface area contributed by atoms with E-state index in [1.165, 1.54) is 11.3 Å². The fourth-order valence-electron chi connectivity index (χ4n) is 3.56. The number of halogens is 1. The summed E-state index contributed by atoms with van der Waals surface area (Å²) in [4.78, 5) is 25.2. The molecule has 0 unspecified atom stereocenters. The summed E-state index contributed by atoms with van der Waals surface area (Å²) >= 11 is 7.43. The van der Waals surface area contributed by atoms with Gasteiger partial charge in [0.25, 0.3) is 0 Å². The molecule has 25 heavy (non-hydrogen) atoms. The molecule has 2 aliphatic rings. The predicted molar refractivity (Wildman–Crippen MR) is 94.0 cm³/mol. The van der Waals surface area contributed by atoms with Gasteiger partial charge in [-0.3, -0.25) is 4.79 Å². The Balaban J connectivity index is 1.85. The standard InChI is InChI=1S/C18H19ClN2O3S/c1-9-2-5-15-12(6-9)14(8-20)17(25-15)21-16(22)13-7-10(19)3-4-11(13)18(23)24/h3,9,11,13H,2,4-7H2,1H3,(H,21,22)(H,23,24)/p-1/t9-,11-,13+/m0/s1. The number of nitrogens with one attached hydrogen (secondary N) is 1. The zero-order valence-corrected chi connectivity index (χ0v) is 15.4. The lowest BCUT2D eigenvalue weighted by atomic mass is 9.82. The Morgan fingerprint density at radius 1 is 1.40 bits per heavy atom. The third kappa shape index (κ3) is 3.58. The average molecular weight is 378 g/mol. The largest absolute Gasteiger partial charge is 0.550 e. The number of rotatable bonds is 3. The number of carbonyl (C=O) groups is 2. The van der Waals surface area contributed by atoms with E-state index in [9.17, 15) is 20.0 Å². The molecule has 0 bridgehead atoms. The highest BCUT2D eigenvalue weighted by Crippen LogP contribution is 2.40. The molecule has 1 aromatic rings. The number of aliphatic carboxylic acids is 1. The van der Waals surface area contributed by atoms with Crippen LogP contribution in [0.4, 0.5) is 5.00 Å². The van der Waals surface area contributed by atoms with Gasteiger partial charge < -0.3 is 15.2 Å². The van der Waals surface area contributed by atoms with Gasteiger partial charge in [-0.15, -0.1) is 11.3 Å². The topological polar surface area (TPSA) is 93.0 Å². The van der Waals surface area contributed by atoms with Crippen LogP contribution in [0.2, 0.25) is 0 Å². The quantitative estimate of drug-likeness (QED) is 0.876. The molecule has 2 aliphatic carbocycles. The first-order chi connectivity index (χ1) is 11.9. The molecule has 0 aliphatic heterocycles. The van der Waals surface area contributed by atoms with Crippen molar-refractivity contribution in [3.63, 3.8) is 0 Å². The van der Waals surface area contributed by atoms with Crippen molar-refractivity contribution in [1.82, 2.24) is 0 Å². The Kier molecular flexibility index (Phi) is 5.16. The molecule has 0 aromatic carbocycles. The lowest BCUT2D eigenvalue weighted by Gasteiger charge is -2.29. The van der Waals surface area contributed by atoms with Crippen molar-refractivity contribution >= 4 is 39.8 Å². The van der Waals surface area contributed by atoms with E-state index in [0.717, 1.165) is 29.7 Å². The third-order valence-electron chi connectivity index (χ3n) is 4.99. The van der Waals surface area contributed by atoms with E-state index in [4.69, 9.17) is 11.6 Å². The van der Waals surface area contributed by atoms with E-state index in [1.807, 2.05) is 0 Å². The average Bonchev–Trinajstić information content (AvgIpc) is 2.90. The highest BCUT2D eigenvalue weighted by molar-refractivity contribution is 7.16. The predicted octanol–water partition coefficient (Wildman–Crippen LogP) is 2.58. The summed E-state index contributed by atoms with van der Waals surface area (Å²) in [5, 5.41) is 24.7. The summed E-state index contributed by atoms with van der Waals surface area (Å²) in [7, 11) is 0. The molecule has 0 radical (unpaired) electrons. The van der Waals surface area contributed by atoms with Crippen LogP contribution in [0.25, 0.3) is 0 Å². The van der Waals surface area contributed by atoms with Gasteiger partial charge >= 0.3 is 0 Å². The number of allylic oxidation sites excluding steroid dienone is 2. The van der Waals surface area contributed by atoms with E-state index >= 15 is 0 Å². The fraction of sp³-hybridized carbons (Fsp3) is 0.500. The molecule has 7 heteroatoms. The monoisotopic (exact) mass is 377 g/mol. The van der Waals surface area contributed by atoms with Crippen molar-refractivity contribution in [2.45, 2.75) is 39.0 Å². The van der Waals surface area contributed by atoms with Crippen molar-refractivity contribution < 1.29 is 14.7 Å². The lowest BCUT2D eigenvalue weighted by molar-refractivity contribution is -0.313. The highest BCUT2D eigenvalue weighted by Gasteiger charge is 2.33. The number of thiophene rings is 1. The number of hydrogen-bond donors (Lipinski definition) is 1. The van der Waals surface area contributed by atoms with Crippen LogP contribution in [-0.2, 0) is 22.4 Å². The first-order valence-corrected chi connectivity index (χ1v) is 9.51. The minimum absolute atomic E-state index is 0.177.